The van der Waals surface area contributed by atoms with Gasteiger partial charge in [0.05, 0.1) is 0 Å². The van der Waals surface area contributed by atoms with Gasteiger partial charge in [-0.1, -0.05) is 42.5 Å². The summed E-state index contributed by atoms with van der Waals surface area (Å²) in [6.45, 7) is 0. The van der Waals surface area contributed by atoms with Crippen molar-refractivity contribution in [2.45, 2.75) is 0 Å². The molecule has 0 radical (unpaired) electrons. The van der Waals surface area contributed by atoms with E-state index in [2.05, 4.69) is 35.3 Å². The number of phenolic OH excluding ortho intramolecular Hbond substituents is 1. The molecular weight excluding hydrogens is 258 g/mol. The second-order valence-electron chi connectivity index (χ2n) is 5.09. The third-order valence-electron chi connectivity index (χ3n) is 3.81. The number of hydrogen-bond donors (Lipinski definition) is 1. The Labute approximate surface area is 122 Å². The van der Waals surface area contributed by atoms with Crippen LogP contribution in [-0.2, 0) is 0 Å². The standard InChI is InChI=1S/C19H13NO/c21-18-10-9-16(17-6-3-11-20-19(17)18)15-8-7-13-4-1-2-5-14(13)12-15/h1-12,21H. The largest absolute Gasteiger partial charge is 0.506 e. The SMILES string of the molecule is Oc1ccc(-c2ccc3ccccc3c2)c2cccnc12. The predicted molar refractivity (Wildman–Crippen MR) is 86.3 cm³/mol. The van der Waals surface area contributed by atoms with Crippen LogP contribution in [0.3, 0.4) is 0 Å². The van der Waals surface area contributed by atoms with Crippen LogP contribution in [-0.4, -0.2) is 10.1 Å². The first-order chi connectivity index (χ1) is 10.3. The maximum absolute atomic E-state index is 9.95. The molecule has 21 heavy (non-hydrogen) atoms. The van der Waals surface area contributed by atoms with Crippen LogP contribution in [0.4, 0.5) is 0 Å². The van der Waals surface area contributed by atoms with E-state index in [4.69, 9.17) is 0 Å². The Bertz CT molecular complexity index is 960. The molecule has 0 aliphatic carbocycles. The highest BCUT2D eigenvalue weighted by Gasteiger charge is 2.08. The van der Waals surface area contributed by atoms with Crippen molar-refractivity contribution in [2.75, 3.05) is 0 Å². The van der Waals surface area contributed by atoms with Gasteiger partial charge in [0, 0.05) is 11.6 Å². The van der Waals surface area contributed by atoms with Crippen LogP contribution < -0.4 is 0 Å². The van der Waals surface area contributed by atoms with Crippen LogP contribution in [0.5, 0.6) is 5.75 Å². The number of aromatic hydroxyl groups is 1. The Hall–Kier alpha value is -2.87. The Morgan fingerprint density at radius 3 is 2.52 bits per heavy atom. The highest BCUT2D eigenvalue weighted by molar-refractivity contribution is 5.99. The number of fused-ring (bicyclic) bond motifs is 2. The summed E-state index contributed by atoms with van der Waals surface area (Å²) < 4.78 is 0. The number of rotatable bonds is 1. The van der Waals surface area contributed by atoms with Gasteiger partial charge in [-0.2, -0.15) is 0 Å². The molecule has 2 heteroatoms. The van der Waals surface area contributed by atoms with E-state index >= 15 is 0 Å². The lowest BCUT2D eigenvalue weighted by molar-refractivity contribution is 0.480. The molecule has 1 heterocycles. The molecule has 0 unspecified atom stereocenters. The quantitative estimate of drug-likeness (QED) is 0.541. The molecule has 0 fully saturated rings. The zero-order valence-corrected chi connectivity index (χ0v) is 11.3. The lowest BCUT2D eigenvalue weighted by Crippen LogP contribution is -1.85. The van der Waals surface area contributed by atoms with Gasteiger partial charge in [0.2, 0.25) is 0 Å². The zero-order valence-electron chi connectivity index (χ0n) is 11.3. The first-order valence-corrected chi connectivity index (χ1v) is 6.89. The Balaban J connectivity index is 2.02. The van der Waals surface area contributed by atoms with Gasteiger partial charge >= 0.3 is 0 Å². The molecule has 0 bridgehead atoms. The van der Waals surface area contributed by atoms with Gasteiger partial charge in [-0.25, -0.2) is 0 Å². The van der Waals surface area contributed by atoms with Crippen molar-refractivity contribution in [1.82, 2.24) is 4.98 Å². The fourth-order valence-corrected chi connectivity index (χ4v) is 2.77. The van der Waals surface area contributed by atoms with Gasteiger partial charge in [-0.05, 0) is 46.2 Å². The van der Waals surface area contributed by atoms with E-state index in [1.165, 1.54) is 10.8 Å². The summed E-state index contributed by atoms with van der Waals surface area (Å²) in [6.07, 6.45) is 1.70. The van der Waals surface area contributed by atoms with Crippen molar-refractivity contribution >= 4 is 21.7 Å². The third-order valence-corrected chi connectivity index (χ3v) is 3.81. The molecule has 0 saturated carbocycles. The van der Waals surface area contributed by atoms with Crippen molar-refractivity contribution in [3.8, 4) is 16.9 Å². The maximum atomic E-state index is 9.95. The maximum Gasteiger partial charge on any atom is 0.141 e. The summed E-state index contributed by atoms with van der Waals surface area (Å²) in [7, 11) is 0. The van der Waals surface area contributed by atoms with E-state index in [-0.39, 0.29) is 5.75 Å². The van der Waals surface area contributed by atoms with Gasteiger partial charge in [-0.3, -0.25) is 4.98 Å². The van der Waals surface area contributed by atoms with E-state index < -0.39 is 0 Å². The molecule has 4 aromatic rings. The molecule has 0 amide bonds. The van der Waals surface area contributed by atoms with Crippen LogP contribution in [0.15, 0.2) is 72.9 Å². The summed E-state index contributed by atoms with van der Waals surface area (Å²) in [5.74, 6) is 0.218. The molecule has 3 aromatic carbocycles. The molecule has 0 saturated heterocycles. The number of hydrogen-bond acceptors (Lipinski definition) is 2. The average molecular weight is 271 g/mol. The number of pyridine rings is 1. The van der Waals surface area contributed by atoms with Crippen molar-refractivity contribution in [2.24, 2.45) is 0 Å². The van der Waals surface area contributed by atoms with Gasteiger partial charge in [0.15, 0.2) is 0 Å². The second-order valence-corrected chi connectivity index (χ2v) is 5.09. The lowest BCUT2D eigenvalue weighted by atomic mass is 9.97. The molecule has 1 N–H and O–H groups in total. The van der Waals surface area contributed by atoms with Crippen molar-refractivity contribution in [3.63, 3.8) is 0 Å². The molecular formula is C19H13NO. The molecule has 0 aliphatic heterocycles. The van der Waals surface area contributed by atoms with Gasteiger partial charge in [-0.15, -0.1) is 0 Å². The Morgan fingerprint density at radius 1 is 0.762 bits per heavy atom. The molecule has 4 rings (SSSR count). The van der Waals surface area contributed by atoms with Crippen LogP contribution in [0.1, 0.15) is 0 Å². The minimum absolute atomic E-state index is 0.218. The van der Waals surface area contributed by atoms with Gasteiger partial charge < -0.3 is 5.11 Å². The molecule has 0 spiro atoms. The number of phenols is 1. The summed E-state index contributed by atoms with van der Waals surface area (Å²) in [4.78, 5) is 4.28. The Morgan fingerprint density at radius 2 is 1.62 bits per heavy atom. The summed E-state index contributed by atoms with van der Waals surface area (Å²) in [5, 5.41) is 13.4. The number of aromatic nitrogens is 1. The molecule has 100 valence electrons. The molecule has 0 atom stereocenters. The van der Waals surface area contributed by atoms with Crippen molar-refractivity contribution in [3.05, 3.63) is 72.9 Å². The van der Waals surface area contributed by atoms with Crippen LogP contribution >= 0.6 is 0 Å². The summed E-state index contributed by atoms with van der Waals surface area (Å²) in [5.41, 5.74) is 2.86. The Kier molecular flexibility index (Phi) is 2.61. The van der Waals surface area contributed by atoms with Crippen molar-refractivity contribution in [1.29, 1.82) is 0 Å². The zero-order chi connectivity index (χ0) is 14.2. The summed E-state index contributed by atoms with van der Waals surface area (Å²) in [6, 6.07) is 22.3. The topological polar surface area (TPSA) is 33.1 Å². The minimum atomic E-state index is 0.218. The number of nitrogens with zero attached hydrogens (tertiary/aromatic N) is 1. The lowest BCUT2D eigenvalue weighted by Gasteiger charge is -2.09. The van der Waals surface area contributed by atoms with E-state index in [0.29, 0.717) is 5.52 Å². The molecule has 1 aromatic heterocycles. The summed E-state index contributed by atoms with van der Waals surface area (Å²) >= 11 is 0. The van der Waals surface area contributed by atoms with E-state index in [1.807, 2.05) is 30.3 Å². The van der Waals surface area contributed by atoms with E-state index in [9.17, 15) is 5.11 Å². The fourth-order valence-electron chi connectivity index (χ4n) is 2.77. The van der Waals surface area contributed by atoms with Crippen LogP contribution in [0.2, 0.25) is 0 Å². The van der Waals surface area contributed by atoms with Crippen LogP contribution in [0, 0.1) is 0 Å². The highest BCUT2D eigenvalue weighted by Crippen LogP contribution is 2.33. The number of benzene rings is 3. The first kappa shape index (κ1) is 11.9. The van der Waals surface area contributed by atoms with E-state index in [1.54, 1.807) is 12.3 Å². The van der Waals surface area contributed by atoms with Gasteiger partial charge in [0.1, 0.15) is 11.3 Å². The van der Waals surface area contributed by atoms with Gasteiger partial charge in [0.25, 0.3) is 0 Å². The van der Waals surface area contributed by atoms with Crippen LogP contribution in [0.25, 0.3) is 32.8 Å². The minimum Gasteiger partial charge on any atom is -0.506 e. The normalized spacial score (nSPS) is 11.0. The van der Waals surface area contributed by atoms with Crippen molar-refractivity contribution < 1.29 is 5.11 Å². The third kappa shape index (κ3) is 1.93. The second kappa shape index (κ2) is 4.60. The average Bonchev–Trinajstić information content (AvgIpc) is 2.55. The highest BCUT2D eigenvalue weighted by atomic mass is 16.3. The van der Waals surface area contributed by atoms with E-state index in [0.717, 1.165) is 16.5 Å². The smallest absolute Gasteiger partial charge is 0.141 e. The molecule has 2 nitrogen and oxygen atoms in total. The molecule has 0 aliphatic rings. The monoisotopic (exact) mass is 271 g/mol. The predicted octanol–water partition coefficient (Wildman–Crippen LogP) is 4.76. The first-order valence-electron chi connectivity index (χ1n) is 6.89. The fraction of sp³-hybridized carbons (Fsp3) is 0.